The van der Waals surface area contributed by atoms with E-state index in [4.69, 9.17) is 9.84 Å². The van der Waals surface area contributed by atoms with Crippen LogP contribution >= 0.6 is 0 Å². The van der Waals surface area contributed by atoms with E-state index in [0.717, 1.165) is 4.90 Å². The molecule has 0 aliphatic heterocycles. The largest absolute Gasteiger partial charge is 0.480 e. The van der Waals surface area contributed by atoms with Crippen LogP contribution in [0, 0.1) is 0 Å². The number of carboxylic acid groups (broad SMARTS) is 1. The van der Waals surface area contributed by atoms with Crippen LogP contribution in [-0.4, -0.2) is 39.3 Å². The Morgan fingerprint density at radius 1 is 1.47 bits per heavy atom. The fourth-order valence-corrected chi connectivity index (χ4v) is 1.22. The summed E-state index contributed by atoms with van der Waals surface area (Å²) < 4.78 is 5.08. The summed E-state index contributed by atoms with van der Waals surface area (Å²) in [4.78, 5) is 40.3. The normalized spacial score (nSPS) is 10.9. The van der Waals surface area contributed by atoms with Gasteiger partial charge in [-0.15, -0.1) is 0 Å². The molecule has 0 aromatic carbocycles. The van der Waals surface area contributed by atoms with E-state index in [1.54, 1.807) is 20.8 Å². The molecule has 2 N–H and O–H groups in total. The molecule has 8 heteroatoms. The summed E-state index contributed by atoms with van der Waals surface area (Å²) in [5.74, 6) is -1.22. The van der Waals surface area contributed by atoms with Crippen molar-refractivity contribution in [2.75, 3.05) is 11.4 Å². The molecule has 0 radical (unpaired) electrons. The molecule has 19 heavy (non-hydrogen) atoms. The van der Waals surface area contributed by atoms with Crippen LogP contribution < -0.4 is 10.6 Å². The van der Waals surface area contributed by atoms with Crippen molar-refractivity contribution in [3.63, 3.8) is 0 Å². The number of H-pyrrole nitrogens is 1. The number of nitrogens with zero attached hydrogens (tertiary/aromatic N) is 2. The van der Waals surface area contributed by atoms with Gasteiger partial charge in [-0.05, 0) is 26.8 Å². The van der Waals surface area contributed by atoms with Crippen LogP contribution in [0.15, 0.2) is 17.1 Å². The highest BCUT2D eigenvalue weighted by molar-refractivity contribution is 5.92. The second-order valence-corrected chi connectivity index (χ2v) is 4.72. The minimum Gasteiger partial charge on any atom is -0.480 e. The number of anilines is 1. The van der Waals surface area contributed by atoms with Crippen molar-refractivity contribution in [1.29, 1.82) is 0 Å². The number of aliphatic carboxylic acids is 1. The molecule has 1 amide bonds. The van der Waals surface area contributed by atoms with E-state index in [1.807, 2.05) is 0 Å². The van der Waals surface area contributed by atoms with E-state index in [2.05, 4.69) is 9.97 Å². The van der Waals surface area contributed by atoms with Gasteiger partial charge in [0.1, 0.15) is 18.0 Å². The van der Waals surface area contributed by atoms with Gasteiger partial charge in [-0.2, -0.15) is 0 Å². The Morgan fingerprint density at radius 2 is 2.11 bits per heavy atom. The van der Waals surface area contributed by atoms with Gasteiger partial charge in [-0.25, -0.2) is 14.6 Å². The summed E-state index contributed by atoms with van der Waals surface area (Å²) in [6.07, 6.45) is 0.310. The van der Waals surface area contributed by atoms with Gasteiger partial charge < -0.3 is 9.84 Å². The minimum atomic E-state index is -1.23. The first-order valence-electron chi connectivity index (χ1n) is 5.47. The van der Waals surface area contributed by atoms with E-state index in [0.29, 0.717) is 0 Å². The Bertz CT molecular complexity index is 532. The second kappa shape index (κ2) is 5.51. The number of carboxylic acids is 1. The lowest BCUT2D eigenvalue weighted by Gasteiger charge is -2.25. The van der Waals surface area contributed by atoms with E-state index in [9.17, 15) is 14.4 Å². The van der Waals surface area contributed by atoms with Crippen LogP contribution in [0.4, 0.5) is 10.6 Å². The average molecular weight is 269 g/mol. The van der Waals surface area contributed by atoms with Crippen molar-refractivity contribution < 1.29 is 19.4 Å². The maximum Gasteiger partial charge on any atom is 0.416 e. The van der Waals surface area contributed by atoms with Crippen LogP contribution in [0.2, 0.25) is 0 Å². The van der Waals surface area contributed by atoms with Crippen LogP contribution in [0.3, 0.4) is 0 Å². The molecular weight excluding hydrogens is 254 g/mol. The number of rotatable bonds is 3. The summed E-state index contributed by atoms with van der Waals surface area (Å²) >= 11 is 0. The number of ether oxygens (including phenoxy) is 1. The lowest BCUT2D eigenvalue weighted by molar-refractivity contribution is -0.135. The second-order valence-electron chi connectivity index (χ2n) is 4.72. The fraction of sp³-hybridized carbons (Fsp3) is 0.455. The summed E-state index contributed by atoms with van der Waals surface area (Å²) in [5.41, 5.74) is -1.46. The van der Waals surface area contributed by atoms with Gasteiger partial charge in [-0.1, -0.05) is 0 Å². The van der Waals surface area contributed by atoms with E-state index in [-0.39, 0.29) is 5.82 Å². The molecule has 0 bridgehead atoms. The Balaban J connectivity index is 3.04. The number of nitrogens with one attached hydrogen (secondary N) is 1. The molecule has 1 aromatic rings. The molecular formula is C11H15N3O5. The Kier molecular flexibility index (Phi) is 4.26. The molecule has 1 rings (SSSR count). The Morgan fingerprint density at radius 3 is 2.58 bits per heavy atom. The molecule has 1 aromatic heterocycles. The topological polar surface area (TPSA) is 113 Å². The number of carbonyl (C=O) groups is 2. The summed E-state index contributed by atoms with van der Waals surface area (Å²) in [7, 11) is 0. The number of amides is 1. The Hall–Kier alpha value is -2.38. The number of hydrogen-bond acceptors (Lipinski definition) is 5. The summed E-state index contributed by atoms with van der Waals surface area (Å²) in [6, 6.07) is 1.31. The van der Waals surface area contributed by atoms with Crippen molar-refractivity contribution >= 4 is 17.9 Å². The predicted octanol–water partition coefficient (Wildman–Crippen LogP) is 0.596. The fourth-order valence-electron chi connectivity index (χ4n) is 1.22. The smallest absolute Gasteiger partial charge is 0.416 e. The third kappa shape index (κ3) is 4.78. The first kappa shape index (κ1) is 14.7. The highest BCUT2D eigenvalue weighted by atomic mass is 16.6. The van der Waals surface area contributed by atoms with Crippen molar-refractivity contribution in [1.82, 2.24) is 9.97 Å². The van der Waals surface area contributed by atoms with Crippen molar-refractivity contribution in [2.45, 2.75) is 26.4 Å². The molecule has 0 spiro atoms. The third-order valence-corrected chi connectivity index (χ3v) is 1.86. The maximum absolute atomic E-state index is 11.9. The molecule has 8 nitrogen and oxygen atoms in total. The van der Waals surface area contributed by atoms with Crippen LogP contribution in [0.1, 0.15) is 20.8 Å². The molecule has 104 valence electrons. The molecule has 0 unspecified atom stereocenters. The number of hydrogen-bond donors (Lipinski definition) is 2. The first-order valence-corrected chi connectivity index (χ1v) is 5.47. The van der Waals surface area contributed by atoms with Crippen molar-refractivity contribution in [3.8, 4) is 0 Å². The molecule has 0 fully saturated rings. The SMILES string of the molecule is CC(C)(C)OC(=O)N(CC(=O)O)c1ccnc(=O)[nH]1. The van der Waals surface area contributed by atoms with Gasteiger partial charge >= 0.3 is 17.8 Å². The van der Waals surface area contributed by atoms with Gasteiger partial charge in [0.15, 0.2) is 0 Å². The lowest BCUT2D eigenvalue weighted by Crippen LogP contribution is -2.41. The van der Waals surface area contributed by atoms with Crippen LogP contribution in [0.25, 0.3) is 0 Å². The molecule has 0 aliphatic carbocycles. The zero-order chi connectivity index (χ0) is 14.6. The minimum absolute atomic E-state index is 0.0108. The zero-order valence-corrected chi connectivity index (χ0v) is 10.8. The lowest BCUT2D eigenvalue weighted by atomic mass is 10.2. The highest BCUT2D eigenvalue weighted by Crippen LogP contribution is 2.14. The molecule has 1 heterocycles. The quantitative estimate of drug-likeness (QED) is 0.830. The van der Waals surface area contributed by atoms with Crippen molar-refractivity contribution in [3.05, 3.63) is 22.7 Å². The number of carbonyl (C=O) groups excluding carboxylic acids is 1. The molecule has 0 saturated carbocycles. The van der Waals surface area contributed by atoms with Crippen LogP contribution in [0.5, 0.6) is 0 Å². The number of aromatic amines is 1. The monoisotopic (exact) mass is 269 g/mol. The molecule has 0 atom stereocenters. The average Bonchev–Trinajstić information content (AvgIpc) is 2.23. The zero-order valence-electron chi connectivity index (χ0n) is 10.8. The van der Waals surface area contributed by atoms with E-state index in [1.165, 1.54) is 12.3 Å². The highest BCUT2D eigenvalue weighted by Gasteiger charge is 2.25. The Labute approximate surface area is 109 Å². The van der Waals surface area contributed by atoms with Gasteiger partial charge in [0, 0.05) is 6.20 Å². The molecule has 0 aliphatic rings. The van der Waals surface area contributed by atoms with Crippen LogP contribution in [-0.2, 0) is 9.53 Å². The van der Waals surface area contributed by atoms with Gasteiger partial charge in [0.2, 0.25) is 0 Å². The summed E-state index contributed by atoms with van der Waals surface area (Å²) in [5, 5.41) is 8.80. The maximum atomic E-state index is 11.9. The van der Waals surface area contributed by atoms with E-state index >= 15 is 0 Å². The summed E-state index contributed by atoms with van der Waals surface area (Å²) in [6.45, 7) is 4.33. The number of aromatic nitrogens is 2. The van der Waals surface area contributed by atoms with Gasteiger partial charge in [-0.3, -0.25) is 14.7 Å². The molecule has 0 saturated heterocycles. The van der Waals surface area contributed by atoms with Gasteiger partial charge in [0.05, 0.1) is 0 Å². The standard InChI is InChI=1S/C11H15N3O5/c1-11(2,3)19-10(18)14(6-8(15)16)7-4-5-12-9(17)13-7/h4-5H,6H2,1-3H3,(H,15,16)(H,12,13,17). The van der Waals surface area contributed by atoms with Crippen molar-refractivity contribution in [2.24, 2.45) is 0 Å². The van der Waals surface area contributed by atoms with Gasteiger partial charge in [0.25, 0.3) is 0 Å². The first-order chi connectivity index (χ1) is 8.69. The third-order valence-electron chi connectivity index (χ3n) is 1.86. The van der Waals surface area contributed by atoms with E-state index < -0.39 is 29.9 Å². The predicted molar refractivity (Wildman–Crippen MR) is 66.1 cm³/mol.